The van der Waals surface area contributed by atoms with Crippen molar-refractivity contribution in [2.45, 2.75) is 39.0 Å². The number of morpholine rings is 1. The van der Waals surface area contributed by atoms with E-state index >= 15 is 4.39 Å². The normalized spacial score (nSPS) is 14.2. The summed E-state index contributed by atoms with van der Waals surface area (Å²) >= 11 is 0. The van der Waals surface area contributed by atoms with Gasteiger partial charge in [-0.15, -0.1) is 0 Å². The molecule has 0 aromatic carbocycles. The minimum absolute atomic E-state index is 0.00432. The van der Waals surface area contributed by atoms with Gasteiger partial charge in [0.05, 0.1) is 43.2 Å². The maximum Gasteiger partial charge on any atom is 0.407 e. The molecule has 3 aromatic heterocycles. The van der Waals surface area contributed by atoms with Crippen LogP contribution in [0, 0.1) is 23.0 Å². The minimum atomic E-state index is -0.781. The number of anilines is 4. The van der Waals surface area contributed by atoms with Gasteiger partial charge in [0, 0.05) is 38.1 Å². The third-order valence-corrected chi connectivity index (χ3v) is 5.69. The summed E-state index contributed by atoms with van der Waals surface area (Å²) in [6.07, 6.45) is 4.10. The van der Waals surface area contributed by atoms with E-state index in [1.165, 1.54) is 12.3 Å². The average Bonchev–Trinajstić information content (AvgIpc) is 3.41. The van der Waals surface area contributed by atoms with Crippen molar-refractivity contribution in [1.82, 2.24) is 25.1 Å². The fourth-order valence-electron chi connectivity index (χ4n) is 3.92. The molecule has 3 N–H and O–H groups in total. The quantitative estimate of drug-likeness (QED) is 0.360. The van der Waals surface area contributed by atoms with Crippen LogP contribution in [0.3, 0.4) is 0 Å². The van der Waals surface area contributed by atoms with Gasteiger partial charge in [-0.1, -0.05) is 0 Å². The number of nitrogens with one attached hydrogen (secondary N) is 3. The van der Waals surface area contributed by atoms with Crippen LogP contribution < -0.4 is 20.9 Å². The number of rotatable bonds is 9. The Hall–Kier alpha value is -4.51. The number of halogens is 2. The van der Waals surface area contributed by atoms with E-state index in [0.717, 1.165) is 6.07 Å². The molecule has 4 rings (SSSR count). The lowest BCUT2D eigenvalue weighted by molar-refractivity contribution is 0.0524. The predicted molar refractivity (Wildman–Crippen MR) is 143 cm³/mol. The first-order valence-electron chi connectivity index (χ1n) is 12.7. The van der Waals surface area contributed by atoms with Crippen molar-refractivity contribution in [3.63, 3.8) is 0 Å². The van der Waals surface area contributed by atoms with Gasteiger partial charge in [-0.25, -0.2) is 23.5 Å². The van der Waals surface area contributed by atoms with Crippen LogP contribution in [0.5, 0.6) is 0 Å². The molecule has 0 radical (unpaired) electrons. The Morgan fingerprint density at radius 2 is 2.00 bits per heavy atom. The fourth-order valence-corrected chi connectivity index (χ4v) is 3.92. The van der Waals surface area contributed by atoms with Crippen molar-refractivity contribution in [2.24, 2.45) is 0 Å². The van der Waals surface area contributed by atoms with Crippen LogP contribution in [0.1, 0.15) is 26.3 Å². The van der Waals surface area contributed by atoms with E-state index in [0.29, 0.717) is 26.3 Å². The summed E-state index contributed by atoms with van der Waals surface area (Å²) < 4.78 is 42.1. The molecular weight excluding hydrogens is 524 g/mol. The third kappa shape index (κ3) is 7.76. The Kier molecular flexibility index (Phi) is 8.95. The molecule has 1 amide bonds. The minimum Gasteiger partial charge on any atom is -0.444 e. The van der Waals surface area contributed by atoms with Gasteiger partial charge in [0.25, 0.3) is 0 Å². The average molecular weight is 556 g/mol. The summed E-state index contributed by atoms with van der Waals surface area (Å²) in [7, 11) is 0. The molecule has 1 atom stereocenters. The van der Waals surface area contributed by atoms with Crippen LogP contribution >= 0.6 is 0 Å². The van der Waals surface area contributed by atoms with Crippen molar-refractivity contribution >= 4 is 29.2 Å². The van der Waals surface area contributed by atoms with Crippen molar-refractivity contribution in [1.29, 1.82) is 5.26 Å². The largest absolute Gasteiger partial charge is 0.444 e. The number of nitrogens with zero attached hydrogens (tertiary/aromatic N) is 6. The van der Waals surface area contributed by atoms with Gasteiger partial charge in [0.15, 0.2) is 29.1 Å². The summed E-state index contributed by atoms with van der Waals surface area (Å²) in [5.41, 5.74) is -0.544. The van der Waals surface area contributed by atoms with Crippen LogP contribution in [-0.4, -0.2) is 70.3 Å². The molecule has 0 saturated carbocycles. The lowest BCUT2D eigenvalue weighted by Crippen LogP contribution is -2.41. The highest BCUT2D eigenvalue weighted by molar-refractivity contribution is 5.68. The van der Waals surface area contributed by atoms with E-state index < -0.39 is 29.4 Å². The van der Waals surface area contributed by atoms with Crippen LogP contribution in [-0.2, 0) is 16.0 Å². The summed E-state index contributed by atoms with van der Waals surface area (Å²) in [5.74, 6) is -1.31. The second kappa shape index (κ2) is 12.6. The zero-order chi connectivity index (χ0) is 28.7. The SMILES string of the molecule is CC(C)(C)OC(=O)NC[C@@H](Cn1cccn1)Nc1nc(Nc2cnc(N3CCOCC3)c(F)c2)c(C#N)cc1F. The van der Waals surface area contributed by atoms with E-state index in [1.807, 2.05) is 6.07 Å². The van der Waals surface area contributed by atoms with Crippen LogP contribution in [0.25, 0.3) is 0 Å². The molecule has 4 heterocycles. The summed E-state index contributed by atoms with van der Waals surface area (Å²) in [6.45, 7) is 7.55. The highest BCUT2D eigenvalue weighted by atomic mass is 19.1. The van der Waals surface area contributed by atoms with Crippen molar-refractivity contribution in [2.75, 3.05) is 48.4 Å². The van der Waals surface area contributed by atoms with Crippen LogP contribution in [0.2, 0.25) is 0 Å². The molecule has 0 unspecified atom stereocenters. The number of amides is 1. The van der Waals surface area contributed by atoms with Crippen LogP contribution in [0.15, 0.2) is 36.8 Å². The Balaban J connectivity index is 1.53. The molecule has 1 fully saturated rings. The third-order valence-electron chi connectivity index (χ3n) is 5.69. The van der Waals surface area contributed by atoms with E-state index in [4.69, 9.17) is 9.47 Å². The summed E-state index contributed by atoms with van der Waals surface area (Å²) in [6, 6.07) is 5.33. The molecule has 0 aliphatic carbocycles. The maximum absolute atomic E-state index is 15.0. The summed E-state index contributed by atoms with van der Waals surface area (Å²) in [4.78, 5) is 22.5. The number of pyridine rings is 2. The number of aromatic nitrogens is 4. The van der Waals surface area contributed by atoms with Crippen molar-refractivity contribution in [3.8, 4) is 6.07 Å². The Bertz CT molecular complexity index is 1350. The van der Waals surface area contributed by atoms with Gasteiger partial charge >= 0.3 is 6.09 Å². The van der Waals surface area contributed by atoms with Gasteiger partial charge in [-0.05, 0) is 32.9 Å². The molecule has 1 aliphatic rings. The highest BCUT2D eigenvalue weighted by Gasteiger charge is 2.21. The second-order valence-electron chi connectivity index (χ2n) is 10.0. The first kappa shape index (κ1) is 28.5. The second-order valence-corrected chi connectivity index (χ2v) is 10.0. The Morgan fingerprint density at radius 1 is 1.23 bits per heavy atom. The molecule has 1 aliphatic heterocycles. The Morgan fingerprint density at radius 3 is 2.65 bits per heavy atom. The van der Waals surface area contributed by atoms with Crippen molar-refractivity contribution < 1.29 is 23.0 Å². The van der Waals surface area contributed by atoms with Gasteiger partial charge in [-0.2, -0.15) is 10.4 Å². The van der Waals surface area contributed by atoms with Gasteiger partial charge in [0.1, 0.15) is 11.7 Å². The molecule has 3 aromatic rings. The molecule has 1 saturated heterocycles. The molecule has 12 nitrogen and oxygen atoms in total. The van der Waals surface area contributed by atoms with E-state index in [2.05, 4.69) is 31.0 Å². The van der Waals surface area contributed by atoms with Gasteiger partial charge < -0.3 is 30.3 Å². The van der Waals surface area contributed by atoms with E-state index in [-0.39, 0.29) is 41.8 Å². The molecular formula is C26H31F2N9O3. The standard InChI is InChI=1S/C26H31F2N9O3/c1-26(2,3)40-25(38)31-15-19(16-37-6-4-5-32-37)34-23-20(27)11-17(13-29)22(35-23)33-18-12-21(28)24(30-14-18)36-7-9-39-10-8-36/h4-6,11-12,14,19H,7-10,15-16H2,1-3H3,(H,31,38)(H2,33,34,35)/t19-/m0/s1. The molecule has 0 bridgehead atoms. The predicted octanol–water partition coefficient (Wildman–Crippen LogP) is 3.41. The Labute approximate surface area is 230 Å². The number of hydrogen-bond acceptors (Lipinski definition) is 10. The number of hydrogen-bond donors (Lipinski definition) is 3. The zero-order valence-corrected chi connectivity index (χ0v) is 22.4. The van der Waals surface area contributed by atoms with Gasteiger partial charge in [0.2, 0.25) is 0 Å². The van der Waals surface area contributed by atoms with E-state index in [1.54, 1.807) is 48.8 Å². The lowest BCUT2D eigenvalue weighted by Gasteiger charge is -2.28. The highest BCUT2D eigenvalue weighted by Crippen LogP contribution is 2.26. The number of ether oxygens (including phenoxy) is 2. The first-order valence-corrected chi connectivity index (χ1v) is 12.7. The monoisotopic (exact) mass is 555 g/mol. The molecule has 40 heavy (non-hydrogen) atoms. The summed E-state index contributed by atoms with van der Waals surface area (Å²) in [5, 5.41) is 22.2. The van der Waals surface area contributed by atoms with Gasteiger partial charge in [-0.3, -0.25) is 4.68 Å². The number of alkyl carbamates (subject to hydrolysis) is 1. The number of nitriles is 1. The maximum atomic E-state index is 15.0. The first-order chi connectivity index (χ1) is 19.1. The number of carbonyl (C=O) groups excluding carboxylic acids is 1. The molecule has 14 heteroatoms. The van der Waals surface area contributed by atoms with E-state index in [9.17, 15) is 14.4 Å². The molecule has 212 valence electrons. The topological polar surface area (TPSA) is 142 Å². The smallest absolute Gasteiger partial charge is 0.407 e. The van der Waals surface area contributed by atoms with Crippen molar-refractivity contribution in [3.05, 3.63) is 54.0 Å². The molecule has 0 spiro atoms. The fraction of sp³-hybridized carbons (Fsp3) is 0.423. The number of carbonyl (C=O) groups is 1. The lowest BCUT2D eigenvalue weighted by atomic mass is 10.2. The zero-order valence-electron chi connectivity index (χ0n) is 22.4. The van der Waals surface area contributed by atoms with Crippen LogP contribution in [0.4, 0.5) is 36.7 Å².